The van der Waals surface area contributed by atoms with E-state index < -0.39 is 11.2 Å². The van der Waals surface area contributed by atoms with Crippen LogP contribution in [0, 0.1) is 0 Å². The number of aromatic nitrogens is 4. The fourth-order valence-electron chi connectivity index (χ4n) is 2.86. The Morgan fingerprint density at radius 3 is 2.86 bits per heavy atom. The fraction of sp³-hybridized carbons (Fsp3) is 0.214. The van der Waals surface area contributed by atoms with Gasteiger partial charge in [-0.3, -0.25) is 14.8 Å². The number of nitrogens with zero attached hydrogens (tertiary/aromatic N) is 1. The lowest BCUT2D eigenvalue weighted by Crippen LogP contribution is -2.29. The maximum atomic E-state index is 11.8. The molecule has 0 saturated carbocycles. The molecule has 3 aromatic rings. The van der Waals surface area contributed by atoms with Crippen LogP contribution in [-0.2, 0) is 6.54 Å². The summed E-state index contributed by atoms with van der Waals surface area (Å²) in [6.07, 6.45) is 0. The van der Waals surface area contributed by atoms with Crippen molar-refractivity contribution in [3.05, 3.63) is 62.1 Å². The highest BCUT2D eigenvalue weighted by molar-refractivity contribution is 5.69. The van der Waals surface area contributed by atoms with Crippen LogP contribution in [0.2, 0.25) is 0 Å². The first-order chi connectivity index (χ1) is 10.2. The number of rotatable bonds is 1. The second-order valence-corrected chi connectivity index (χ2v) is 5.14. The van der Waals surface area contributed by atoms with Crippen molar-refractivity contribution >= 4 is 11.2 Å². The summed E-state index contributed by atoms with van der Waals surface area (Å²) in [5.74, 6) is 0.710. The average molecular weight is 283 g/mol. The average Bonchev–Trinajstić information content (AvgIpc) is 2.90. The molecule has 2 aromatic heterocycles. The van der Waals surface area contributed by atoms with Crippen molar-refractivity contribution in [2.75, 3.05) is 6.54 Å². The number of H-pyrrole nitrogens is 3. The van der Waals surface area contributed by atoms with Crippen molar-refractivity contribution in [2.24, 2.45) is 0 Å². The molecule has 7 heteroatoms. The van der Waals surface area contributed by atoms with Gasteiger partial charge in [0.25, 0.3) is 5.56 Å². The van der Waals surface area contributed by atoms with Gasteiger partial charge < -0.3 is 10.3 Å². The van der Waals surface area contributed by atoms with E-state index in [1.54, 1.807) is 0 Å². The summed E-state index contributed by atoms with van der Waals surface area (Å²) >= 11 is 0. The van der Waals surface area contributed by atoms with E-state index in [1.807, 2.05) is 12.1 Å². The van der Waals surface area contributed by atoms with Crippen LogP contribution in [0.25, 0.3) is 11.2 Å². The van der Waals surface area contributed by atoms with E-state index >= 15 is 0 Å². The Bertz CT molecular complexity index is 936. The van der Waals surface area contributed by atoms with E-state index in [9.17, 15) is 9.59 Å². The summed E-state index contributed by atoms with van der Waals surface area (Å²) in [5, 5.41) is 3.34. The molecule has 1 aromatic carbocycles. The number of aromatic amines is 3. The molecule has 106 valence electrons. The summed E-state index contributed by atoms with van der Waals surface area (Å²) in [6, 6.07) is 8.14. The zero-order chi connectivity index (χ0) is 14.4. The predicted molar refractivity (Wildman–Crippen MR) is 77.3 cm³/mol. The lowest BCUT2D eigenvalue weighted by molar-refractivity contribution is 0.576. The van der Waals surface area contributed by atoms with Gasteiger partial charge in [-0.15, -0.1) is 0 Å². The van der Waals surface area contributed by atoms with E-state index in [-0.39, 0.29) is 5.92 Å². The number of imidazole rings is 1. The lowest BCUT2D eigenvalue weighted by Gasteiger charge is -2.24. The molecule has 21 heavy (non-hydrogen) atoms. The number of hydrogen-bond donors (Lipinski definition) is 4. The van der Waals surface area contributed by atoms with E-state index in [2.05, 4.69) is 37.4 Å². The molecule has 0 fully saturated rings. The molecule has 1 aliphatic heterocycles. The van der Waals surface area contributed by atoms with Gasteiger partial charge >= 0.3 is 5.69 Å². The van der Waals surface area contributed by atoms with Crippen LogP contribution in [0.15, 0.2) is 33.9 Å². The fourth-order valence-corrected chi connectivity index (χ4v) is 2.86. The quantitative estimate of drug-likeness (QED) is 0.511. The Morgan fingerprint density at radius 1 is 1.10 bits per heavy atom. The topological polar surface area (TPSA) is 106 Å². The summed E-state index contributed by atoms with van der Waals surface area (Å²) in [5.41, 5.74) is 2.00. The molecular weight excluding hydrogens is 270 g/mol. The van der Waals surface area contributed by atoms with Crippen LogP contribution in [0.4, 0.5) is 0 Å². The molecule has 3 heterocycles. The molecule has 1 aliphatic rings. The first-order valence-electron chi connectivity index (χ1n) is 6.73. The summed E-state index contributed by atoms with van der Waals surface area (Å²) < 4.78 is 0. The molecule has 7 nitrogen and oxygen atoms in total. The van der Waals surface area contributed by atoms with Crippen molar-refractivity contribution in [3.8, 4) is 0 Å². The molecule has 0 aliphatic carbocycles. The second-order valence-electron chi connectivity index (χ2n) is 5.14. The van der Waals surface area contributed by atoms with Crippen molar-refractivity contribution in [1.29, 1.82) is 0 Å². The van der Waals surface area contributed by atoms with Gasteiger partial charge in [-0.25, -0.2) is 9.78 Å². The largest absolute Gasteiger partial charge is 0.336 e. The zero-order valence-electron chi connectivity index (χ0n) is 11.1. The second kappa shape index (κ2) is 4.42. The Balaban J connectivity index is 1.90. The predicted octanol–water partition coefficient (Wildman–Crippen LogP) is 0.175. The molecule has 0 spiro atoms. The molecule has 4 N–H and O–H groups in total. The molecule has 1 unspecified atom stereocenters. The third-order valence-corrected chi connectivity index (χ3v) is 3.83. The monoisotopic (exact) mass is 283 g/mol. The minimum Gasteiger partial charge on any atom is -0.336 e. The summed E-state index contributed by atoms with van der Waals surface area (Å²) in [7, 11) is 0. The minimum atomic E-state index is -0.548. The number of hydrogen-bond acceptors (Lipinski definition) is 4. The smallest absolute Gasteiger partial charge is 0.327 e. The number of nitrogens with one attached hydrogen (secondary N) is 4. The summed E-state index contributed by atoms with van der Waals surface area (Å²) in [4.78, 5) is 35.2. The van der Waals surface area contributed by atoms with E-state index in [1.165, 1.54) is 11.1 Å². The zero-order valence-corrected chi connectivity index (χ0v) is 11.1. The molecule has 0 bridgehead atoms. The van der Waals surface area contributed by atoms with Crippen LogP contribution in [0.5, 0.6) is 0 Å². The first-order valence-corrected chi connectivity index (χ1v) is 6.73. The van der Waals surface area contributed by atoms with Crippen molar-refractivity contribution < 1.29 is 0 Å². The Hall–Kier alpha value is -2.67. The highest BCUT2D eigenvalue weighted by atomic mass is 16.2. The standard InChI is InChI=1S/C14H13N5O2/c20-13-10-12(18-14(21)19-13)17-11(16-10)9-6-15-5-7-3-1-2-4-8(7)9/h1-4,9,15H,5-6H2,(H3,16,17,18,19,20,21). The summed E-state index contributed by atoms with van der Waals surface area (Å²) in [6.45, 7) is 1.56. The van der Waals surface area contributed by atoms with Crippen molar-refractivity contribution in [1.82, 2.24) is 25.3 Å². The van der Waals surface area contributed by atoms with E-state index in [0.717, 1.165) is 13.1 Å². The van der Waals surface area contributed by atoms with Crippen LogP contribution in [-0.4, -0.2) is 26.5 Å². The lowest BCUT2D eigenvalue weighted by atomic mass is 9.90. The van der Waals surface area contributed by atoms with Gasteiger partial charge in [0, 0.05) is 13.1 Å². The van der Waals surface area contributed by atoms with Gasteiger partial charge in [0.1, 0.15) is 11.3 Å². The molecule has 0 amide bonds. The molecular formula is C14H13N5O2. The maximum Gasteiger partial charge on any atom is 0.327 e. The van der Waals surface area contributed by atoms with Gasteiger partial charge in [0.05, 0.1) is 5.92 Å². The van der Waals surface area contributed by atoms with Gasteiger partial charge in [-0.1, -0.05) is 24.3 Å². The van der Waals surface area contributed by atoms with Crippen LogP contribution >= 0.6 is 0 Å². The normalized spacial score (nSPS) is 17.8. The van der Waals surface area contributed by atoms with Gasteiger partial charge in [0.15, 0.2) is 5.65 Å². The minimum absolute atomic E-state index is 0.0326. The highest BCUT2D eigenvalue weighted by Crippen LogP contribution is 2.28. The third kappa shape index (κ3) is 1.90. The molecule has 0 radical (unpaired) electrons. The number of fused-ring (bicyclic) bond motifs is 2. The third-order valence-electron chi connectivity index (χ3n) is 3.83. The maximum absolute atomic E-state index is 11.8. The molecule has 4 rings (SSSR count). The van der Waals surface area contributed by atoms with Gasteiger partial charge in [-0.05, 0) is 11.1 Å². The van der Waals surface area contributed by atoms with Crippen LogP contribution in [0.1, 0.15) is 22.9 Å². The van der Waals surface area contributed by atoms with Gasteiger partial charge in [0.2, 0.25) is 0 Å². The Labute approximate surface area is 118 Å². The van der Waals surface area contributed by atoms with Gasteiger partial charge in [-0.2, -0.15) is 0 Å². The highest BCUT2D eigenvalue weighted by Gasteiger charge is 2.24. The molecule has 1 atom stereocenters. The van der Waals surface area contributed by atoms with Crippen molar-refractivity contribution in [2.45, 2.75) is 12.5 Å². The Morgan fingerprint density at radius 2 is 1.95 bits per heavy atom. The van der Waals surface area contributed by atoms with Crippen molar-refractivity contribution in [3.63, 3.8) is 0 Å². The van der Waals surface area contributed by atoms with E-state index in [4.69, 9.17) is 0 Å². The Kier molecular flexibility index (Phi) is 2.55. The number of benzene rings is 1. The molecule has 0 saturated heterocycles. The van der Waals surface area contributed by atoms with Crippen LogP contribution < -0.4 is 16.6 Å². The first kappa shape index (κ1) is 12.1. The SMILES string of the molecule is O=c1[nH]c(=O)c2[nH]c(C3CNCc4ccccc43)nc2[nH]1. The van der Waals surface area contributed by atoms with Crippen LogP contribution in [0.3, 0.4) is 0 Å². The van der Waals surface area contributed by atoms with E-state index in [0.29, 0.717) is 17.0 Å².